The highest BCUT2D eigenvalue weighted by molar-refractivity contribution is 6.29. The van der Waals surface area contributed by atoms with E-state index in [4.69, 9.17) is 11.6 Å². The standard InChI is InChI=1S/C10H11ClN2.C10H12N2/c1-6(2)8-5-9(11)13-10-7(8)3-4-12-10;1-7(2)8-3-5-11-10-9(8)4-6-12-10/h3-6H,1-2H3,(H,12,13);3-7H,1-2H3,(H,11,12). The summed E-state index contributed by atoms with van der Waals surface area (Å²) in [6.45, 7) is 8.69. The van der Waals surface area contributed by atoms with Crippen molar-refractivity contribution in [3.63, 3.8) is 0 Å². The van der Waals surface area contributed by atoms with Crippen molar-refractivity contribution in [1.29, 1.82) is 0 Å². The molecular formula is C20H23ClN4. The van der Waals surface area contributed by atoms with E-state index in [0.29, 0.717) is 17.0 Å². The van der Waals surface area contributed by atoms with Gasteiger partial charge < -0.3 is 9.97 Å². The van der Waals surface area contributed by atoms with E-state index in [1.165, 1.54) is 21.9 Å². The summed E-state index contributed by atoms with van der Waals surface area (Å²) in [6, 6.07) is 8.13. The Kier molecular flexibility index (Phi) is 5.09. The molecule has 0 aliphatic carbocycles. The largest absolute Gasteiger partial charge is 0.346 e. The molecule has 25 heavy (non-hydrogen) atoms. The van der Waals surface area contributed by atoms with Crippen LogP contribution in [-0.2, 0) is 0 Å². The average molecular weight is 355 g/mol. The van der Waals surface area contributed by atoms with Gasteiger partial charge in [-0.3, -0.25) is 0 Å². The van der Waals surface area contributed by atoms with E-state index in [1.54, 1.807) is 0 Å². The van der Waals surface area contributed by atoms with Crippen LogP contribution in [0.5, 0.6) is 0 Å². The molecule has 0 atom stereocenters. The predicted octanol–water partition coefficient (Wildman–Crippen LogP) is 6.03. The highest BCUT2D eigenvalue weighted by Gasteiger charge is 2.08. The normalized spacial score (nSPS) is 11.3. The second-order valence-electron chi connectivity index (χ2n) is 6.72. The molecule has 0 bridgehead atoms. The molecule has 4 rings (SSSR count). The lowest BCUT2D eigenvalue weighted by Gasteiger charge is -2.06. The number of nitrogens with one attached hydrogen (secondary N) is 2. The van der Waals surface area contributed by atoms with Crippen molar-refractivity contribution < 1.29 is 0 Å². The summed E-state index contributed by atoms with van der Waals surface area (Å²) in [6.07, 6.45) is 5.68. The lowest BCUT2D eigenvalue weighted by atomic mass is 10.0. The summed E-state index contributed by atoms with van der Waals surface area (Å²) in [4.78, 5) is 14.6. The molecule has 4 nitrogen and oxygen atoms in total. The molecule has 0 amide bonds. The maximum atomic E-state index is 5.89. The van der Waals surface area contributed by atoms with Crippen molar-refractivity contribution in [1.82, 2.24) is 19.9 Å². The van der Waals surface area contributed by atoms with Gasteiger partial charge in [0, 0.05) is 29.4 Å². The fourth-order valence-electron chi connectivity index (χ4n) is 2.99. The van der Waals surface area contributed by atoms with Crippen molar-refractivity contribution in [2.75, 3.05) is 0 Å². The molecule has 130 valence electrons. The fraction of sp³-hybridized carbons (Fsp3) is 0.300. The molecule has 0 radical (unpaired) electrons. The second-order valence-corrected chi connectivity index (χ2v) is 7.11. The molecule has 2 N–H and O–H groups in total. The summed E-state index contributed by atoms with van der Waals surface area (Å²) in [5.74, 6) is 1.03. The monoisotopic (exact) mass is 354 g/mol. The molecule has 0 saturated carbocycles. The third kappa shape index (κ3) is 3.69. The van der Waals surface area contributed by atoms with E-state index >= 15 is 0 Å². The van der Waals surface area contributed by atoms with Crippen LogP contribution < -0.4 is 0 Å². The first-order chi connectivity index (χ1) is 12.0. The highest BCUT2D eigenvalue weighted by atomic mass is 35.5. The van der Waals surface area contributed by atoms with E-state index in [1.807, 2.05) is 30.7 Å². The average Bonchev–Trinajstić information content (AvgIpc) is 3.22. The van der Waals surface area contributed by atoms with Gasteiger partial charge in [0.2, 0.25) is 0 Å². The van der Waals surface area contributed by atoms with Crippen LogP contribution in [0.3, 0.4) is 0 Å². The topological polar surface area (TPSA) is 57.4 Å². The third-order valence-corrected chi connectivity index (χ3v) is 4.46. The van der Waals surface area contributed by atoms with Gasteiger partial charge in [0.05, 0.1) is 0 Å². The van der Waals surface area contributed by atoms with Crippen LogP contribution in [0.1, 0.15) is 50.7 Å². The highest BCUT2D eigenvalue weighted by Crippen LogP contribution is 2.26. The lowest BCUT2D eigenvalue weighted by molar-refractivity contribution is 0.874. The summed E-state index contributed by atoms with van der Waals surface area (Å²) in [5, 5.41) is 2.96. The number of halogens is 1. The molecule has 0 aromatic carbocycles. The van der Waals surface area contributed by atoms with Crippen molar-refractivity contribution in [2.24, 2.45) is 0 Å². The number of hydrogen-bond donors (Lipinski definition) is 2. The molecule has 4 aromatic rings. The van der Waals surface area contributed by atoms with Crippen LogP contribution in [0.15, 0.2) is 42.9 Å². The molecule has 4 heterocycles. The van der Waals surface area contributed by atoms with Crippen LogP contribution >= 0.6 is 11.6 Å². The Balaban J connectivity index is 0.000000146. The molecule has 0 aliphatic rings. The van der Waals surface area contributed by atoms with Gasteiger partial charge in [0.1, 0.15) is 16.4 Å². The first-order valence-corrected chi connectivity index (χ1v) is 8.90. The molecule has 5 heteroatoms. The number of hydrogen-bond acceptors (Lipinski definition) is 2. The van der Waals surface area contributed by atoms with Crippen LogP contribution in [0.4, 0.5) is 0 Å². The Morgan fingerprint density at radius 2 is 1.44 bits per heavy atom. The zero-order chi connectivity index (χ0) is 18.0. The number of rotatable bonds is 2. The quantitative estimate of drug-likeness (QED) is 0.432. The van der Waals surface area contributed by atoms with Crippen molar-refractivity contribution in [3.05, 3.63) is 59.1 Å². The minimum absolute atomic E-state index is 0.471. The van der Waals surface area contributed by atoms with E-state index < -0.39 is 0 Å². The van der Waals surface area contributed by atoms with Gasteiger partial charge in [0.25, 0.3) is 0 Å². The van der Waals surface area contributed by atoms with Gasteiger partial charge in [-0.1, -0.05) is 39.3 Å². The number of fused-ring (bicyclic) bond motifs is 2. The predicted molar refractivity (Wildman–Crippen MR) is 105 cm³/mol. The third-order valence-electron chi connectivity index (χ3n) is 4.27. The molecule has 4 aromatic heterocycles. The van der Waals surface area contributed by atoms with Crippen molar-refractivity contribution >= 4 is 33.7 Å². The maximum Gasteiger partial charge on any atom is 0.139 e. The summed E-state index contributed by atoms with van der Waals surface area (Å²) in [5.41, 5.74) is 4.47. The zero-order valence-electron chi connectivity index (χ0n) is 15.0. The van der Waals surface area contributed by atoms with Gasteiger partial charge >= 0.3 is 0 Å². The van der Waals surface area contributed by atoms with E-state index in [9.17, 15) is 0 Å². The van der Waals surface area contributed by atoms with Crippen LogP contribution in [0, 0.1) is 0 Å². The number of nitrogens with zero attached hydrogens (tertiary/aromatic N) is 2. The van der Waals surface area contributed by atoms with E-state index in [0.717, 1.165) is 11.3 Å². The van der Waals surface area contributed by atoms with Gasteiger partial charge in [0.15, 0.2) is 0 Å². The van der Waals surface area contributed by atoms with Crippen LogP contribution in [-0.4, -0.2) is 19.9 Å². The maximum absolute atomic E-state index is 5.89. The zero-order valence-corrected chi connectivity index (χ0v) is 15.7. The minimum atomic E-state index is 0.471. The summed E-state index contributed by atoms with van der Waals surface area (Å²) in [7, 11) is 0. The smallest absolute Gasteiger partial charge is 0.139 e. The summed E-state index contributed by atoms with van der Waals surface area (Å²) >= 11 is 5.89. The first-order valence-electron chi connectivity index (χ1n) is 8.53. The van der Waals surface area contributed by atoms with E-state index in [-0.39, 0.29) is 0 Å². The summed E-state index contributed by atoms with van der Waals surface area (Å²) < 4.78 is 0. The van der Waals surface area contributed by atoms with Gasteiger partial charge in [-0.25, -0.2) is 9.97 Å². The fourth-order valence-corrected chi connectivity index (χ4v) is 3.20. The Morgan fingerprint density at radius 3 is 2.08 bits per heavy atom. The molecule has 0 spiro atoms. The second kappa shape index (κ2) is 7.28. The first kappa shape index (κ1) is 17.5. The Bertz CT molecular complexity index is 982. The van der Waals surface area contributed by atoms with Crippen molar-refractivity contribution in [2.45, 2.75) is 39.5 Å². The molecule has 0 saturated heterocycles. The van der Waals surface area contributed by atoms with Crippen LogP contribution in [0.2, 0.25) is 5.15 Å². The Hall–Kier alpha value is -2.33. The van der Waals surface area contributed by atoms with Gasteiger partial charge in [-0.05, 0) is 47.2 Å². The lowest BCUT2D eigenvalue weighted by Crippen LogP contribution is -1.90. The number of H-pyrrole nitrogens is 2. The van der Waals surface area contributed by atoms with Crippen molar-refractivity contribution in [3.8, 4) is 0 Å². The number of aromatic amines is 2. The minimum Gasteiger partial charge on any atom is -0.346 e. The van der Waals surface area contributed by atoms with Gasteiger partial charge in [-0.15, -0.1) is 0 Å². The SMILES string of the molecule is CC(C)c1cc(Cl)nc2[nH]ccc12.CC(C)c1ccnc2[nH]ccc12. The molecule has 0 fully saturated rings. The van der Waals surface area contributed by atoms with Gasteiger partial charge in [-0.2, -0.15) is 0 Å². The molecular weight excluding hydrogens is 332 g/mol. The Labute approximate surface area is 152 Å². The Morgan fingerprint density at radius 1 is 0.840 bits per heavy atom. The molecule has 0 unspecified atom stereocenters. The van der Waals surface area contributed by atoms with Crippen LogP contribution in [0.25, 0.3) is 22.1 Å². The molecule has 0 aliphatic heterocycles. The number of pyridine rings is 2. The van der Waals surface area contributed by atoms with E-state index in [2.05, 4.69) is 59.8 Å². The number of aromatic nitrogens is 4.